The van der Waals surface area contributed by atoms with Crippen molar-refractivity contribution in [2.45, 2.75) is 191 Å². The summed E-state index contributed by atoms with van der Waals surface area (Å²) in [4.78, 5) is 0. The van der Waals surface area contributed by atoms with Crippen LogP contribution in [-0.2, 0) is 56.8 Å². The molecule has 6 aliphatic heterocycles. The molecular weight excluding hydrogens is 1170 g/mol. The van der Waals surface area contributed by atoms with Gasteiger partial charge in [-0.15, -0.1) is 6.58 Å². The van der Waals surface area contributed by atoms with Gasteiger partial charge in [0.1, 0.15) is 134 Å². The van der Waals surface area contributed by atoms with Crippen molar-refractivity contribution in [3.63, 3.8) is 0 Å². The maximum atomic E-state index is 11.6. The Hall–Kier alpha value is -0.0184. The van der Waals surface area contributed by atoms with Crippen LogP contribution >= 0.6 is 0 Å². The molecular formula is C39H66AcNO29-. The molecule has 6 rings (SSSR count). The minimum Gasteiger partial charge on any atom is -0.668 e. The second kappa shape index (κ2) is 26.8. The minimum atomic E-state index is -2.17. The molecule has 12 unspecified atom stereocenters. The summed E-state index contributed by atoms with van der Waals surface area (Å²) in [5.41, 5.74) is 9.06. The average molecular weight is 1240 g/mol. The van der Waals surface area contributed by atoms with Crippen molar-refractivity contribution in [1.29, 1.82) is 0 Å². The summed E-state index contributed by atoms with van der Waals surface area (Å²) in [7, 11) is 0. The normalized spacial score (nSPS) is 51.4. The van der Waals surface area contributed by atoms with Gasteiger partial charge in [-0.05, 0) is 6.92 Å². The van der Waals surface area contributed by atoms with Crippen LogP contribution in [0.15, 0.2) is 12.7 Å². The molecule has 70 heavy (non-hydrogen) atoms. The standard InChI is InChI=1S/C39H66NO29.Ac/c1-3-4-58-35-26(55)23(52)29(14(8-44)63-35)65-37-27(56)24(53)30(15(9-45)64-37)66-38-28(57)32(20(49)13(7-43)61-38)68-34-16(40)31(19(48)12(6-42)60-34)67-39-33(22(51)18(47)11(5-41)62-39)69-36-25(54)21(50)17(46)10(2)59-36;/h3,10-57H,1,4-9H2,2H3;/q-1;/t10?,11?,12?,13?,14?,15?,16?,17-,18-,19-,20-,21+,22-,23+,24+,25?,26?,27?,28+,29-,30-,31+,32?,33?,34-,35+,36-,37-,38-,39-;/m0./s1. The summed E-state index contributed by atoms with van der Waals surface area (Å²) >= 11 is 0. The van der Waals surface area contributed by atoms with Crippen LogP contribution in [0.5, 0.6) is 0 Å². The van der Waals surface area contributed by atoms with E-state index in [1.54, 1.807) is 0 Å². The molecule has 0 aromatic carbocycles. The van der Waals surface area contributed by atoms with Crippen molar-refractivity contribution >= 4 is 0 Å². The molecule has 1 radical (unpaired) electrons. The quantitative estimate of drug-likeness (QED) is 0.0567. The monoisotopic (exact) mass is 1240 g/mol. The molecule has 6 aliphatic rings. The molecule has 6 heterocycles. The summed E-state index contributed by atoms with van der Waals surface area (Å²) in [6, 6.07) is -1.98. The van der Waals surface area contributed by atoms with E-state index in [0.717, 1.165) is 0 Å². The summed E-state index contributed by atoms with van der Waals surface area (Å²) < 4.78 is 67.7. The molecule has 6 saturated heterocycles. The summed E-state index contributed by atoms with van der Waals surface area (Å²) in [6.45, 7) is 0.0177. The Balaban J connectivity index is 0.00000913. The number of aliphatic hydroxyl groups is 17. The number of hydrogen-bond donors (Lipinski definition) is 17. The molecule has 0 spiro atoms. The fourth-order valence-electron chi connectivity index (χ4n) is 8.74. The molecule has 30 nitrogen and oxygen atoms in total. The molecule has 0 amide bonds. The molecule has 30 atom stereocenters. The number of hydrogen-bond acceptors (Lipinski definition) is 29. The fraction of sp³-hybridized carbons (Fsp3) is 0.949. The number of rotatable bonds is 18. The van der Waals surface area contributed by atoms with Crippen molar-refractivity contribution < 1.29 is 188 Å². The largest absolute Gasteiger partial charge is 0.668 e. The molecule has 405 valence electrons. The second-order valence-electron chi connectivity index (χ2n) is 17.4. The Morgan fingerprint density at radius 3 is 1.30 bits per heavy atom. The first kappa shape index (κ1) is 60.8. The van der Waals surface area contributed by atoms with Gasteiger partial charge in [0.15, 0.2) is 31.5 Å². The Labute approximate surface area is 434 Å². The van der Waals surface area contributed by atoms with E-state index in [0.29, 0.717) is 0 Å². The smallest absolute Gasteiger partial charge is 0.187 e. The van der Waals surface area contributed by atoms with E-state index < -0.39 is 217 Å². The number of ether oxygens (including phenoxy) is 12. The first-order valence-corrected chi connectivity index (χ1v) is 22.1. The van der Waals surface area contributed by atoms with Crippen LogP contribution in [0.4, 0.5) is 0 Å². The van der Waals surface area contributed by atoms with Gasteiger partial charge in [0.25, 0.3) is 0 Å². The zero-order valence-corrected chi connectivity index (χ0v) is 42.2. The third-order valence-corrected chi connectivity index (χ3v) is 12.8. The predicted molar refractivity (Wildman–Crippen MR) is 214 cm³/mol. The van der Waals surface area contributed by atoms with Crippen LogP contribution in [0.2, 0.25) is 0 Å². The molecule has 31 heteroatoms. The van der Waals surface area contributed by atoms with E-state index in [-0.39, 0.29) is 50.7 Å². The number of nitrogens with one attached hydrogen (secondary N) is 1. The van der Waals surface area contributed by atoms with Crippen LogP contribution in [0.3, 0.4) is 0 Å². The number of aliphatic hydroxyl groups excluding tert-OH is 17. The molecule has 0 aromatic heterocycles. The van der Waals surface area contributed by atoms with E-state index in [9.17, 15) is 86.8 Å². The molecule has 18 N–H and O–H groups in total. The first-order chi connectivity index (χ1) is 32.8. The van der Waals surface area contributed by atoms with Gasteiger partial charge in [-0.25, -0.2) is 0 Å². The molecule has 0 aromatic rings. The van der Waals surface area contributed by atoms with Crippen LogP contribution in [0, 0.1) is 44.1 Å². The first-order valence-electron chi connectivity index (χ1n) is 22.1. The van der Waals surface area contributed by atoms with Gasteiger partial charge in [-0.1, -0.05) is 12.1 Å². The van der Waals surface area contributed by atoms with Crippen LogP contribution in [0.25, 0.3) is 5.73 Å². The second-order valence-corrected chi connectivity index (χ2v) is 17.4. The Morgan fingerprint density at radius 2 is 0.757 bits per heavy atom. The molecule has 0 saturated carbocycles. The SMILES string of the molecule is C=CCO[C@@H]1OC(CO)[C@H](O[C@@H]2OC(CO)[C@H](O[C@@H]3OC(CO)[C@H](O)C(O[C@@H]4OC(CO)[C@H](O)[C@H](O[C@@H]5OC(CO)[C@H](O)[C@H](O)C5O[C@@H]5OC(C)[C@H](O)[C@@H](O)C5O)C4[NH-])[C@H]3O)[C@H](O)C2O)[C@H](O)C1O.[Ac]. The Morgan fingerprint density at radius 1 is 0.386 bits per heavy atom. The Kier molecular flexibility index (Phi) is 23.3. The summed E-state index contributed by atoms with van der Waals surface area (Å²) in [5.74, 6) is 0. The fourth-order valence-corrected chi connectivity index (χ4v) is 8.74. The Bertz CT molecular complexity index is 1580. The summed E-state index contributed by atoms with van der Waals surface area (Å²) in [6.07, 6.45) is -51.2. The molecule has 0 aliphatic carbocycles. The zero-order valence-electron chi connectivity index (χ0n) is 37.4. The van der Waals surface area contributed by atoms with Gasteiger partial charge >= 0.3 is 0 Å². The third kappa shape index (κ3) is 12.9. The third-order valence-electron chi connectivity index (χ3n) is 12.8. The van der Waals surface area contributed by atoms with Crippen molar-refractivity contribution in [3.8, 4) is 0 Å². The maximum absolute atomic E-state index is 11.6. The molecule has 0 bridgehead atoms. The van der Waals surface area contributed by atoms with Gasteiger partial charge in [0.05, 0.1) is 51.8 Å². The van der Waals surface area contributed by atoms with Gasteiger partial charge < -0.3 is 149 Å². The topological polar surface area (TPSA) is 478 Å². The van der Waals surface area contributed by atoms with Crippen LogP contribution in [-0.4, -0.2) is 311 Å². The van der Waals surface area contributed by atoms with E-state index in [4.69, 9.17) is 62.6 Å². The van der Waals surface area contributed by atoms with Crippen LogP contribution < -0.4 is 0 Å². The predicted octanol–water partition coefficient (Wildman–Crippen LogP) is -10.8. The van der Waals surface area contributed by atoms with E-state index in [2.05, 4.69) is 6.58 Å². The molecule has 6 fully saturated rings. The summed E-state index contributed by atoms with van der Waals surface area (Å²) in [5, 5.41) is 181. The van der Waals surface area contributed by atoms with E-state index in [1.807, 2.05) is 0 Å². The van der Waals surface area contributed by atoms with Crippen molar-refractivity contribution in [2.24, 2.45) is 0 Å². The van der Waals surface area contributed by atoms with E-state index >= 15 is 0 Å². The van der Waals surface area contributed by atoms with Crippen LogP contribution in [0.1, 0.15) is 6.92 Å². The zero-order chi connectivity index (χ0) is 50.8. The van der Waals surface area contributed by atoms with Crippen molar-refractivity contribution in [3.05, 3.63) is 18.4 Å². The van der Waals surface area contributed by atoms with Gasteiger partial charge in [0.2, 0.25) is 0 Å². The van der Waals surface area contributed by atoms with Crippen molar-refractivity contribution in [2.75, 3.05) is 39.6 Å². The average Bonchev–Trinajstić information content (AvgIpc) is 3.34. The van der Waals surface area contributed by atoms with E-state index in [1.165, 1.54) is 13.0 Å². The van der Waals surface area contributed by atoms with Crippen molar-refractivity contribution in [1.82, 2.24) is 0 Å². The van der Waals surface area contributed by atoms with Gasteiger partial charge in [-0.2, -0.15) is 0 Å². The van der Waals surface area contributed by atoms with Gasteiger partial charge in [-0.3, -0.25) is 0 Å². The maximum Gasteiger partial charge on any atom is 0.187 e. The van der Waals surface area contributed by atoms with Gasteiger partial charge in [0, 0.05) is 44.1 Å². The minimum absolute atomic E-state index is 0.